The molecule has 0 amide bonds. The predicted molar refractivity (Wildman–Crippen MR) is 85.6 cm³/mol. The molecule has 2 aromatic carbocycles. The molecule has 0 atom stereocenters. The Morgan fingerprint density at radius 3 is 2.05 bits per heavy atom. The highest BCUT2D eigenvalue weighted by Gasteiger charge is 2.52. The van der Waals surface area contributed by atoms with E-state index in [-0.39, 0.29) is 24.9 Å². The van der Waals surface area contributed by atoms with Gasteiger partial charge in [-0.1, -0.05) is 36.4 Å². The van der Waals surface area contributed by atoms with Crippen molar-refractivity contribution in [2.45, 2.75) is 45.5 Å². The minimum Gasteiger partial charge on any atom is -0.399 e. The van der Waals surface area contributed by atoms with Gasteiger partial charge in [0.1, 0.15) is 0 Å². The van der Waals surface area contributed by atoms with E-state index in [2.05, 4.69) is 33.8 Å². The Hall–Kier alpha value is -1.36. The van der Waals surface area contributed by atoms with Gasteiger partial charge in [0.05, 0.1) is 17.8 Å². The van der Waals surface area contributed by atoms with Crippen LogP contribution in [0.3, 0.4) is 0 Å². The molecule has 3 nitrogen and oxygen atoms in total. The molecular weight excluding hydrogens is 263 g/mol. The molecule has 1 aliphatic rings. The van der Waals surface area contributed by atoms with Crippen LogP contribution in [0.25, 0.3) is 10.8 Å². The molecule has 0 aromatic heterocycles. The second-order valence-electron chi connectivity index (χ2n) is 6.61. The van der Waals surface area contributed by atoms with E-state index in [9.17, 15) is 5.11 Å². The summed E-state index contributed by atoms with van der Waals surface area (Å²) in [6.07, 6.45) is 0. The fourth-order valence-electron chi connectivity index (χ4n) is 2.70. The SMILES string of the molecule is CC1(C)OB(c2ccc(CO)c3ccccc23)OC1(C)C. The standard InChI is InChI=1S/C17H21BO3/c1-16(2)17(3,4)21-18(20-16)15-10-9-12(11-19)13-7-5-6-8-14(13)15/h5-10,19H,11H2,1-4H3. The summed E-state index contributed by atoms with van der Waals surface area (Å²) < 4.78 is 12.3. The number of benzene rings is 2. The molecule has 1 N–H and O–H groups in total. The van der Waals surface area contributed by atoms with Crippen molar-refractivity contribution >= 4 is 23.4 Å². The monoisotopic (exact) mass is 284 g/mol. The fraction of sp³-hybridized carbons (Fsp3) is 0.412. The van der Waals surface area contributed by atoms with E-state index in [1.54, 1.807) is 0 Å². The first-order chi connectivity index (χ1) is 9.86. The van der Waals surface area contributed by atoms with Crippen molar-refractivity contribution in [1.29, 1.82) is 0 Å². The average Bonchev–Trinajstić information content (AvgIpc) is 2.66. The normalized spacial score (nSPS) is 20.1. The van der Waals surface area contributed by atoms with E-state index < -0.39 is 0 Å². The molecule has 1 heterocycles. The molecule has 1 fully saturated rings. The van der Waals surface area contributed by atoms with E-state index in [0.29, 0.717) is 0 Å². The number of aliphatic hydroxyl groups is 1. The molecule has 0 radical (unpaired) electrons. The summed E-state index contributed by atoms with van der Waals surface area (Å²) in [5.41, 5.74) is 1.23. The molecule has 0 aliphatic carbocycles. The van der Waals surface area contributed by atoms with Crippen LogP contribution >= 0.6 is 0 Å². The lowest BCUT2D eigenvalue weighted by molar-refractivity contribution is 0.00578. The summed E-state index contributed by atoms with van der Waals surface area (Å²) in [6.45, 7) is 8.24. The maximum atomic E-state index is 9.50. The Labute approximate surface area is 126 Å². The van der Waals surface area contributed by atoms with Crippen molar-refractivity contribution in [2.75, 3.05) is 0 Å². The Kier molecular flexibility index (Phi) is 3.36. The van der Waals surface area contributed by atoms with Gasteiger partial charge >= 0.3 is 7.12 Å². The molecule has 0 spiro atoms. The average molecular weight is 284 g/mol. The minimum atomic E-state index is -0.382. The maximum Gasteiger partial charge on any atom is 0.495 e. The van der Waals surface area contributed by atoms with Gasteiger partial charge in [0.2, 0.25) is 0 Å². The van der Waals surface area contributed by atoms with Crippen LogP contribution in [0.15, 0.2) is 36.4 Å². The third kappa shape index (κ3) is 2.28. The van der Waals surface area contributed by atoms with E-state index in [1.165, 1.54) is 0 Å². The number of aliphatic hydroxyl groups excluding tert-OH is 1. The Bertz CT molecular complexity index is 663. The Balaban J connectivity index is 2.11. The lowest BCUT2D eigenvalue weighted by atomic mass is 9.75. The van der Waals surface area contributed by atoms with Crippen LogP contribution < -0.4 is 5.46 Å². The fourth-order valence-corrected chi connectivity index (χ4v) is 2.70. The third-order valence-corrected chi connectivity index (χ3v) is 4.73. The Morgan fingerprint density at radius 2 is 1.48 bits per heavy atom. The van der Waals surface area contributed by atoms with E-state index in [4.69, 9.17) is 9.31 Å². The van der Waals surface area contributed by atoms with Gasteiger partial charge in [-0.2, -0.15) is 0 Å². The molecule has 110 valence electrons. The predicted octanol–water partition coefficient (Wildman–Crippen LogP) is 2.63. The lowest BCUT2D eigenvalue weighted by Gasteiger charge is -2.32. The minimum absolute atomic E-state index is 0.0319. The number of fused-ring (bicyclic) bond motifs is 1. The van der Waals surface area contributed by atoms with Crippen LogP contribution in [0.1, 0.15) is 33.3 Å². The van der Waals surface area contributed by atoms with Crippen molar-refractivity contribution in [3.63, 3.8) is 0 Å². The summed E-state index contributed by atoms with van der Waals surface area (Å²) >= 11 is 0. The first-order valence-electron chi connectivity index (χ1n) is 7.33. The molecule has 0 bridgehead atoms. The highest BCUT2D eigenvalue weighted by Crippen LogP contribution is 2.37. The zero-order valence-electron chi connectivity index (χ0n) is 13.0. The van der Waals surface area contributed by atoms with Gasteiger partial charge < -0.3 is 14.4 Å². The lowest BCUT2D eigenvalue weighted by Crippen LogP contribution is -2.41. The summed E-state index contributed by atoms with van der Waals surface area (Å²) in [7, 11) is -0.382. The molecule has 0 saturated carbocycles. The molecule has 0 unspecified atom stereocenters. The number of rotatable bonds is 2. The maximum absolute atomic E-state index is 9.50. The van der Waals surface area contributed by atoms with E-state index in [0.717, 1.165) is 21.8 Å². The van der Waals surface area contributed by atoms with Crippen LogP contribution in [0.4, 0.5) is 0 Å². The molecule has 4 heteroatoms. The summed E-state index contributed by atoms with van der Waals surface area (Å²) in [5, 5.41) is 11.6. The zero-order chi connectivity index (χ0) is 15.3. The van der Waals surface area contributed by atoms with Crippen molar-refractivity contribution < 1.29 is 14.4 Å². The highest BCUT2D eigenvalue weighted by molar-refractivity contribution is 6.65. The first-order valence-corrected chi connectivity index (χ1v) is 7.33. The molecule has 1 saturated heterocycles. The summed E-state index contributed by atoms with van der Waals surface area (Å²) in [5.74, 6) is 0. The highest BCUT2D eigenvalue weighted by atomic mass is 16.7. The molecule has 1 aliphatic heterocycles. The molecule has 3 rings (SSSR count). The van der Waals surface area contributed by atoms with Gasteiger partial charge in [-0.15, -0.1) is 0 Å². The second kappa shape index (κ2) is 4.84. The molecular formula is C17H21BO3. The van der Waals surface area contributed by atoms with Gasteiger partial charge in [-0.25, -0.2) is 0 Å². The van der Waals surface area contributed by atoms with Gasteiger partial charge in [0, 0.05) is 0 Å². The van der Waals surface area contributed by atoms with Crippen molar-refractivity contribution in [1.82, 2.24) is 0 Å². The first kappa shape index (κ1) is 14.6. The van der Waals surface area contributed by atoms with Crippen LogP contribution in [0.2, 0.25) is 0 Å². The zero-order valence-corrected chi connectivity index (χ0v) is 13.0. The van der Waals surface area contributed by atoms with Crippen molar-refractivity contribution in [2.24, 2.45) is 0 Å². The van der Waals surface area contributed by atoms with Crippen molar-refractivity contribution in [3.8, 4) is 0 Å². The van der Waals surface area contributed by atoms with Crippen LogP contribution in [0, 0.1) is 0 Å². The summed E-state index contributed by atoms with van der Waals surface area (Å²) in [6, 6.07) is 12.0. The van der Waals surface area contributed by atoms with E-state index >= 15 is 0 Å². The van der Waals surface area contributed by atoms with Crippen molar-refractivity contribution in [3.05, 3.63) is 42.0 Å². The van der Waals surface area contributed by atoms with Gasteiger partial charge in [-0.3, -0.25) is 0 Å². The third-order valence-electron chi connectivity index (χ3n) is 4.73. The second-order valence-corrected chi connectivity index (χ2v) is 6.61. The Morgan fingerprint density at radius 1 is 0.905 bits per heavy atom. The summed E-state index contributed by atoms with van der Waals surface area (Å²) in [4.78, 5) is 0. The quantitative estimate of drug-likeness (QED) is 0.862. The number of hydrogen-bond acceptors (Lipinski definition) is 3. The molecule has 21 heavy (non-hydrogen) atoms. The van der Waals surface area contributed by atoms with Gasteiger partial charge in [-0.05, 0) is 49.5 Å². The van der Waals surface area contributed by atoms with Crippen LogP contribution in [-0.2, 0) is 15.9 Å². The van der Waals surface area contributed by atoms with Gasteiger partial charge in [0.15, 0.2) is 0 Å². The van der Waals surface area contributed by atoms with Gasteiger partial charge in [0.25, 0.3) is 0 Å². The smallest absolute Gasteiger partial charge is 0.399 e. The van der Waals surface area contributed by atoms with Crippen LogP contribution in [-0.4, -0.2) is 23.4 Å². The van der Waals surface area contributed by atoms with E-state index in [1.807, 2.05) is 30.3 Å². The topological polar surface area (TPSA) is 38.7 Å². The van der Waals surface area contributed by atoms with Crippen LogP contribution in [0.5, 0.6) is 0 Å². The largest absolute Gasteiger partial charge is 0.495 e. The number of hydrogen-bond donors (Lipinski definition) is 1. The molecule has 2 aromatic rings.